The highest BCUT2D eigenvalue weighted by molar-refractivity contribution is 6.20. The molecule has 0 amide bonds. The number of rotatable bonds is 5. The first kappa shape index (κ1) is 23.4. The summed E-state index contributed by atoms with van der Waals surface area (Å²) < 4.78 is 71.5. The average molecular weight is 684 g/mol. The fraction of sp³-hybridized carbons (Fsp3) is 0. The van der Waals surface area contributed by atoms with E-state index in [0.29, 0.717) is 22.5 Å². The van der Waals surface area contributed by atoms with E-state index in [1.807, 2.05) is 97.1 Å². The van der Waals surface area contributed by atoms with Gasteiger partial charge in [-0.25, -0.2) is 0 Å². The number of fused-ring (bicyclic) bond motifs is 9. The Balaban J connectivity index is 1.20. The molecule has 0 spiro atoms. The zero-order valence-corrected chi connectivity index (χ0v) is 28.2. The van der Waals surface area contributed by atoms with Crippen LogP contribution in [0.25, 0.3) is 82.1 Å². The van der Waals surface area contributed by atoms with Crippen LogP contribution < -0.4 is 4.90 Å². The van der Waals surface area contributed by atoms with Gasteiger partial charge in [0.1, 0.15) is 11.2 Å². The Morgan fingerprint density at radius 2 is 1.23 bits per heavy atom. The molecule has 53 heavy (non-hydrogen) atoms. The summed E-state index contributed by atoms with van der Waals surface area (Å²) in [5.41, 5.74) is 7.70. The van der Waals surface area contributed by atoms with E-state index < -0.39 is 30.2 Å². The molecule has 3 heteroatoms. The van der Waals surface area contributed by atoms with E-state index in [1.54, 1.807) is 4.90 Å². The molecule has 0 bridgehead atoms. The van der Waals surface area contributed by atoms with Crippen molar-refractivity contribution in [3.05, 3.63) is 194 Å². The fourth-order valence-electron chi connectivity index (χ4n) is 7.98. The normalized spacial score (nSPS) is 13.6. The van der Waals surface area contributed by atoms with E-state index >= 15 is 0 Å². The van der Waals surface area contributed by atoms with Crippen LogP contribution >= 0.6 is 0 Å². The predicted molar refractivity (Wildman–Crippen MR) is 223 cm³/mol. The lowest BCUT2D eigenvalue weighted by Gasteiger charge is -2.27. The summed E-state index contributed by atoms with van der Waals surface area (Å²) >= 11 is 0. The summed E-state index contributed by atoms with van der Waals surface area (Å²) in [6, 6.07) is 47.6. The second-order valence-electron chi connectivity index (χ2n) is 13.2. The highest BCUT2D eigenvalue weighted by atomic mass is 16.3. The van der Waals surface area contributed by atoms with Crippen LogP contribution in [0.2, 0.25) is 0 Å². The first-order chi connectivity index (χ1) is 29.2. The Morgan fingerprint density at radius 3 is 2.13 bits per heavy atom. The number of nitrogens with zero attached hydrogens (tertiary/aromatic N) is 2. The number of hydrogen-bond donors (Lipinski definition) is 0. The van der Waals surface area contributed by atoms with E-state index in [2.05, 4.69) is 59.2 Å². The fourth-order valence-corrected chi connectivity index (χ4v) is 7.98. The molecular formula is C50H32N2O. The van der Waals surface area contributed by atoms with Crippen molar-refractivity contribution in [2.45, 2.75) is 0 Å². The summed E-state index contributed by atoms with van der Waals surface area (Å²) in [4.78, 5) is 1.79. The van der Waals surface area contributed by atoms with Crippen molar-refractivity contribution in [2.24, 2.45) is 0 Å². The van der Waals surface area contributed by atoms with Crippen LogP contribution in [0.5, 0.6) is 0 Å². The minimum Gasteiger partial charge on any atom is -0.455 e. The molecule has 9 aromatic carbocycles. The summed E-state index contributed by atoms with van der Waals surface area (Å²) in [5, 5.41) is 5.59. The molecule has 0 unspecified atom stereocenters. The van der Waals surface area contributed by atoms with Gasteiger partial charge in [-0.15, -0.1) is 0 Å². The molecule has 248 valence electrons. The second kappa shape index (κ2) is 11.7. The van der Waals surface area contributed by atoms with Crippen molar-refractivity contribution in [1.29, 1.82) is 0 Å². The lowest BCUT2D eigenvalue weighted by Crippen LogP contribution is -2.10. The van der Waals surface area contributed by atoms with Crippen LogP contribution in [0.1, 0.15) is 9.60 Å². The third-order valence-corrected chi connectivity index (χ3v) is 10.3. The van der Waals surface area contributed by atoms with Gasteiger partial charge in [-0.1, -0.05) is 133 Å². The SMILES string of the molecule is [2H]c1c([2H])c([2H])c2c(N(c3ccc(-c4cccc5c4c4ccccc4n5-c4ccccc4)cc3)c3cccc4oc5c6ccccc6ccc5c34)c([2H])c([2H])c([2H])c2c1[2H]. The Hall–Kier alpha value is -7.10. The molecule has 2 heterocycles. The number of aromatic nitrogens is 1. The Kier molecular flexibility index (Phi) is 5.18. The van der Waals surface area contributed by atoms with Crippen LogP contribution in [0.4, 0.5) is 17.1 Å². The molecule has 0 saturated carbocycles. The second-order valence-corrected chi connectivity index (χ2v) is 13.2. The molecule has 0 N–H and O–H groups in total. The predicted octanol–water partition coefficient (Wildman–Crippen LogP) is 14.1. The number of para-hydroxylation sites is 2. The Labute approximate surface area is 316 Å². The highest BCUT2D eigenvalue weighted by Gasteiger charge is 2.22. The van der Waals surface area contributed by atoms with Crippen LogP contribution in [-0.4, -0.2) is 4.57 Å². The number of furan rings is 1. The van der Waals surface area contributed by atoms with Crippen molar-refractivity contribution in [1.82, 2.24) is 4.57 Å². The molecular weight excluding hydrogens is 645 g/mol. The minimum absolute atomic E-state index is 0.00943. The lowest BCUT2D eigenvalue weighted by atomic mass is 9.98. The van der Waals surface area contributed by atoms with Gasteiger partial charge in [-0.2, -0.15) is 0 Å². The summed E-state index contributed by atoms with van der Waals surface area (Å²) in [6.07, 6.45) is 0. The maximum atomic E-state index is 9.47. The molecule has 11 rings (SSSR count). The van der Waals surface area contributed by atoms with Gasteiger partial charge in [-0.3, -0.25) is 0 Å². The van der Waals surface area contributed by atoms with Gasteiger partial charge < -0.3 is 13.9 Å². The van der Waals surface area contributed by atoms with Crippen molar-refractivity contribution in [3.63, 3.8) is 0 Å². The van der Waals surface area contributed by atoms with Gasteiger partial charge in [0.15, 0.2) is 0 Å². The smallest absolute Gasteiger partial charge is 0.143 e. The zero-order valence-electron chi connectivity index (χ0n) is 35.2. The molecule has 0 radical (unpaired) electrons. The van der Waals surface area contributed by atoms with Gasteiger partial charge in [0.25, 0.3) is 0 Å². The third kappa shape index (κ3) is 4.54. The van der Waals surface area contributed by atoms with Gasteiger partial charge in [0.05, 0.1) is 37.4 Å². The quantitative estimate of drug-likeness (QED) is 0.180. The van der Waals surface area contributed by atoms with Crippen LogP contribution in [0.15, 0.2) is 198 Å². The molecule has 0 aliphatic heterocycles. The Bertz CT molecular complexity index is 3570. The maximum absolute atomic E-state index is 9.47. The zero-order chi connectivity index (χ0) is 41.0. The Morgan fingerprint density at radius 1 is 0.472 bits per heavy atom. The average Bonchev–Trinajstić information content (AvgIpc) is 3.85. The summed E-state index contributed by atoms with van der Waals surface area (Å²) in [6.45, 7) is 0. The van der Waals surface area contributed by atoms with E-state index in [4.69, 9.17) is 11.3 Å². The molecule has 0 saturated heterocycles. The van der Waals surface area contributed by atoms with Crippen molar-refractivity contribution >= 4 is 82.4 Å². The highest BCUT2D eigenvalue weighted by Crippen LogP contribution is 2.46. The largest absolute Gasteiger partial charge is 0.455 e. The first-order valence-corrected chi connectivity index (χ1v) is 17.5. The van der Waals surface area contributed by atoms with Gasteiger partial charge in [0.2, 0.25) is 0 Å². The van der Waals surface area contributed by atoms with Gasteiger partial charge >= 0.3 is 0 Å². The molecule has 11 aromatic rings. The maximum Gasteiger partial charge on any atom is 0.143 e. The van der Waals surface area contributed by atoms with Gasteiger partial charge in [-0.05, 0) is 82.5 Å². The van der Waals surface area contributed by atoms with E-state index in [0.717, 1.165) is 60.2 Å². The number of hydrogen-bond acceptors (Lipinski definition) is 2. The van der Waals surface area contributed by atoms with Crippen LogP contribution in [-0.2, 0) is 0 Å². The molecule has 3 nitrogen and oxygen atoms in total. The third-order valence-electron chi connectivity index (χ3n) is 10.3. The van der Waals surface area contributed by atoms with Crippen LogP contribution in [0, 0.1) is 0 Å². The van der Waals surface area contributed by atoms with E-state index in [1.165, 1.54) is 0 Å². The molecule has 0 fully saturated rings. The number of benzene rings is 9. The molecule has 0 aliphatic rings. The van der Waals surface area contributed by atoms with Gasteiger partial charge in [0, 0.05) is 38.3 Å². The number of anilines is 3. The van der Waals surface area contributed by atoms with Crippen molar-refractivity contribution < 1.29 is 14.0 Å². The van der Waals surface area contributed by atoms with Crippen molar-refractivity contribution in [2.75, 3.05) is 4.90 Å². The first-order valence-electron chi connectivity index (χ1n) is 21.0. The molecule has 0 atom stereocenters. The monoisotopic (exact) mass is 683 g/mol. The van der Waals surface area contributed by atoms with E-state index in [-0.39, 0.29) is 28.5 Å². The molecule has 0 aliphatic carbocycles. The lowest BCUT2D eigenvalue weighted by molar-refractivity contribution is 0.672. The van der Waals surface area contributed by atoms with Crippen molar-refractivity contribution in [3.8, 4) is 16.8 Å². The standard InChI is InChI=1S/C50H32N2O/c1-2-16-36(17-3-1)51-44-22-9-8-20-41(44)48-39(21-11-24-45(48)51)35-27-30-37(31-28-35)52(43-23-10-15-33-13-4-6-18-38(33)43)46-25-12-26-47-49(46)42-32-29-34-14-5-7-19-40(34)50(42)53-47/h1-32H/i4D,6D,10D,13D,15D,18D,23D. The molecule has 2 aromatic heterocycles. The van der Waals surface area contributed by atoms with E-state index in [9.17, 15) is 2.74 Å². The summed E-state index contributed by atoms with van der Waals surface area (Å²) in [7, 11) is 0. The van der Waals surface area contributed by atoms with Crippen LogP contribution in [0.3, 0.4) is 0 Å². The minimum atomic E-state index is -0.502. The summed E-state index contributed by atoms with van der Waals surface area (Å²) in [5.74, 6) is 0. The topological polar surface area (TPSA) is 21.3 Å².